The Labute approximate surface area is 235 Å². The van der Waals surface area contributed by atoms with Crippen LogP contribution in [0.3, 0.4) is 0 Å². The lowest BCUT2D eigenvalue weighted by Gasteiger charge is -2.32. The van der Waals surface area contributed by atoms with Crippen LogP contribution in [0.15, 0.2) is 126 Å². The molecule has 6 aromatic carbocycles. The molecule has 4 nitrogen and oxygen atoms in total. The highest BCUT2D eigenvalue weighted by molar-refractivity contribution is 6.68. The summed E-state index contributed by atoms with van der Waals surface area (Å²) in [5.41, 5.74) is 10.7. The molecule has 10 rings (SSSR count). The SMILES string of the molecule is c1ccc2c(c1)OB1Oc3ccccc3-c3cc(-n4c5ccccc5c5c6oc7ccccc7c6ccc54)cc-2c31. The Morgan fingerprint density at radius 2 is 1.15 bits per heavy atom. The molecule has 2 aromatic heterocycles. The van der Waals surface area contributed by atoms with Gasteiger partial charge in [-0.1, -0.05) is 72.8 Å². The van der Waals surface area contributed by atoms with Crippen molar-refractivity contribution in [3.05, 3.63) is 121 Å². The zero-order chi connectivity index (χ0) is 26.7. The standard InChI is InChI=1S/C36H20BNO3/c1-5-13-29-26(12-1)34-30(18-17-25-22-9-2-6-14-31(22)39-36(25)34)38(29)21-19-27-23-10-3-7-15-32(23)40-37-35(27)28(20-21)24-11-4-8-16-33(24)41-37/h1-20H. The van der Waals surface area contributed by atoms with Gasteiger partial charge in [0.1, 0.15) is 22.7 Å². The van der Waals surface area contributed by atoms with Crippen LogP contribution in [0, 0.1) is 0 Å². The lowest BCUT2D eigenvalue weighted by Crippen LogP contribution is -2.49. The molecule has 5 heteroatoms. The van der Waals surface area contributed by atoms with Crippen LogP contribution in [0.2, 0.25) is 0 Å². The lowest BCUT2D eigenvalue weighted by atomic mass is 9.66. The van der Waals surface area contributed by atoms with Crippen molar-refractivity contribution in [3.63, 3.8) is 0 Å². The Kier molecular flexibility index (Phi) is 3.98. The Morgan fingerprint density at radius 3 is 1.90 bits per heavy atom. The van der Waals surface area contributed by atoms with E-state index < -0.39 is 7.12 Å². The van der Waals surface area contributed by atoms with Gasteiger partial charge in [0.15, 0.2) is 0 Å². The van der Waals surface area contributed by atoms with Crippen LogP contribution < -0.4 is 14.8 Å². The summed E-state index contributed by atoms with van der Waals surface area (Å²) in [6.45, 7) is 0. The molecule has 0 radical (unpaired) electrons. The van der Waals surface area contributed by atoms with Crippen molar-refractivity contribution >= 4 is 56.3 Å². The van der Waals surface area contributed by atoms with Crippen LogP contribution in [0.1, 0.15) is 0 Å². The highest BCUT2D eigenvalue weighted by atomic mass is 16.6. The number of hydrogen-bond acceptors (Lipinski definition) is 3. The fourth-order valence-electron chi connectivity index (χ4n) is 6.94. The molecule has 0 amide bonds. The van der Waals surface area contributed by atoms with Gasteiger partial charge in [-0.05, 0) is 59.7 Å². The van der Waals surface area contributed by atoms with Crippen LogP contribution in [0.25, 0.3) is 71.7 Å². The van der Waals surface area contributed by atoms with Gasteiger partial charge in [0.05, 0.1) is 16.4 Å². The molecule has 8 aromatic rings. The Hall–Kier alpha value is -5.42. The lowest BCUT2D eigenvalue weighted by molar-refractivity contribution is 0.436. The van der Waals surface area contributed by atoms with E-state index in [0.29, 0.717) is 0 Å². The van der Waals surface area contributed by atoms with Crippen LogP contribution in [0.5, 0.6) is 11.5 Å². The van der Waals surface area contributed by atoms with Crippen molar-refractivity contribution in [1.82, 2.24) is 4.57 Å². The summed E-state index contributed by atoms with van der Waals surface area (Å²) in [5.74, 6) is 1.66. The maximum atomic E-state index is 6.53. The Balaban J connectivity index is 1.35. The molecular formula is C36H20BNO3. The van der Waals surface area contributed by atoms with E-state index in [1.807, 2.05) is 36.4 Å². The molecule has 0 unspecified atom stereocenters. The van der Waals surface area contributed by atoms with Crippen molar-refractivity contribution in [1.29, 1.82) is 0 Å². The van der Waals surface area contributed by atoms with Gasteiger partial charge < -0.3 is 18.3 Å². The number of furan rings is 1. The highest BCUT2D eigenvalue weighted by Gasteiger charge is 2.41. The first-order valence-electron chi connectivity index (χ1n) is 13.9. The number of aromatic nitrogens is 1. The van der Waals surface area contributed by atoms with E-state index in [9.17, 15) is 0 Å². The smallest absolute Gasteiger partial charge is 0.521 e. The average molecular weight is 525 g/mol. The summed E-state index contributed by atoms with van der Waals surface area (Å²) in [6.07, 6.45) is 0. The summed E-state index contributed by atoms with van der Waals surface area (Å²) in [6, 6.07) is 42.4. The second-order valence-electron chi connectivity index (χ2n) is 10.8. The van der Waals surface area contributed by atoms with Crippen molar-refractivity contribution in [2.24, 2.45) is 0 Å². The number of para-hydroxylation sites is 4. The zero-order valence-electron chi connectivity index (χ0n) is 21.8. The molecule has 0 fully saturated rings. The van der Waals surface area contributed by atoms with Crippen molar-refractivity contribution in [2.45, 2.75) is 0 Å². The second-order valence-corrected chi connectivity index (χ2v) is 10.8. The number of nitrogens with zero attached hydrogens (tertiary/aromatic N) is 1. The maximum absolute atomic E-state index is 6.53. The van der Waals surface area contributed by atoms with Crippen molar-refractivity contribution in [3.8, 4) is 39.4 Å². The van der Waals surface area contributed by atoms with Gasteiger partial charge in [0, 0.05) is 38.4 Å². The minimum atomic E-state index is -0.493. The van der Waals surface area contributed by atoms with Gasteiger partial charge in [-0.15, -0.1) is 0 Å². The first-order valence-corrected chi connectivity index (χ1v) is 13.9. The summed E-state index contributed by atoms with van der Waals surface area (Å²) in [4.78, 5) is 0. The van der Waals surface area contributed by atoms with E-state index in [-0.39, 0.29) is 0 Å². The molecule has 0 bridgehead atoms. The quantitative estimate of drug-likeness (QED) is 0.202. The molecule has 190 valence electrons. The molecule has 0 atom stereocenters. The summed E-state index contributed by atoms with van der Waals surface area (Å²) < 4.78 is 21.7. The third kappa shape index (κ3) is 2.75. The number of benzene rings is 6. The molecule has 0 aliphatic carbocycles. The van der Waals surface area contributed by atoms with Gasteiger partial charge in [0.2, 0.25) is 0 Å². The fraction of sp³-hybridized carbons (Fsp3) is 0. The van der Waals surface area contributed by atoms with E-state index >= 15 is 0 Å². The van der Waals surface area contributed by atoms with E-state index in [1.54, 1.807) is 0 Å². The zero-order valence-corrected chi connectivity index (χ0v) is 21.8. The molecule has 2 aliphatic heterocycles. The Bertz CT molecular complexity index is 2330. The third-order valence-corrected chi connectivity index (χ3v) is 8.66. The van der Waals surface area contributed by atoms with Gasteiger partial charge in [-0.3, -0.25) is 0 Å². The van der Waals surface area contributed by atoms with Gasteiger partial charge in [-0.2, -0.15) is 0 Å². The highest BCUT2D eigenvalue weighted by Crippen LogP contribution is 2.45. The van der Waals surface area contributed by atoms with Crippen LogP contribution in [0.4, 0.5) is 0 Å². The van der Waals surface area contributed by atoms with E-state index in [4.69, 9.17) is 13.7 Å². The summed E-state index contributed by atoms with van der Waals surface area (Å²) in [7, 11) is -0.493. The predicted molar refractivity (Wildman–Crippen MR) is 166 cm³/mol. The number of fused-ring (bicyclic) bond motifs is 11. The maximum Gasteiger partial charge on any atom is 0.633 e. The summed E-state index contributed by atoms with van der Waals surface area (Å²) >= 11 is 0. The monoisotopic (exact) mass is 525 g/mol. The number of hydrogen-bond donors (Lipinski definition) is 0. The largest absolute Gasteiger partial charge is 0.633 e. The third-order valence-electron chi connectivity index (χ3n) is 8.66. The first-order chi connectivity index (χ1) is 20.3. The predicted octanol–water partition coefficient (Wildman–Crippen LogP) is 8.50. The molecule has 0 saturated heterocycles. The normalized spacial score (nSPS) is 13.2. The second kappa shape index (κ2) is 7.61. The minimum absolute atomic E-state index is 0.493. The molecule has 0 saturated carbocycles. The van der Waals surface area contributed by atoms with Crippen molar-refractivity contribution in [2.75, 3.05) is 0 Å². The summed E-state index contributed by atoms with van der Waals surface area (Å²) in [5, 5.41) is 4.57. The average Bonchev–Trinajstić information content (AvgIpc) is 3.57. The van der Waals surface area contributed by atoms with E-state index in [2.05, 4.69) is 89.5 Å². The van der Waals surface area contributed by atoms with Crippen LogP contribution >= 0.6 is 0 Å². The Morgan fingerprint density at radius 1 is 0.512 bits per heavy atom. The first kappa shape index (κ1) is 21.4. The molecule has 0 N–H and O–H groups in total. The minimum Gasteiger partial charge on any atom is -0.521 e. The number of rotatable bonds is 1. The van der Waals surface area contributed by atoms with Gasteiger partial charge >= 0.3 is 7.12 Å². The molecular weight excluding hydrogens is 505 g/mol. The van der Waals surface area contributed by atoms with Crippen molar-refractivity contribution < 1.29 is 13.7 Å². The van der Waals surface area contributed by atoms with E-state index in [0.717, 1.165) is 83.3 Å². The van der Waals surface area contributed by atoms with E-state index in [1.165, 1.54) is 5.39 Å². The molecule has 41 heavy (non-hydrogen) atoms. The molecule has 0 spiro atoms. The van der Waals surface area contributed by atoms with Gasteiger partial charge in [-0.25, -0.2) is 0 Å². The van der Waals surface area contributed by atoms with Crippen LogP contribution in [-0.4, -0.2) is 11.7 Å². The molecule has 4 heterocycles. The fourth-order valence-corrected chi connectivity index (χ4v) is 6.94. The van der Waals surface area contributed by atoms with Gasteiger partial charge in [0.25, 0.3) is 0 Å². The van der Waals surface area contributed by atoms with Crippen LogP contribution in [-0.2, 0) is 0 Å². The topological polar surface area (TPSA) is 36.5 Å². The molecule has 2 aliphatic rings.